The Bertz CT molecular complexity index is 2510. The van der Waals surface area contributed by atoms with E-state index in [1.54, 1.807) is 45.9 Å². The molecule has 1 saturated heterocycles. The first-order chi connectivity index (χ1) is 31.1. The summed E-state index contributed by atoms with van der Waals surface area (Å²) in [5.41, 5.74) is -4.82. The molecule has 4 atom stereocenters. The van der Waals surface area contributed by atoms with Crippen LogP contribution in [-0.2, 0) is 44.9 Å². The van der Waals surface area contributed by atoms with Crippen LogP contribution in [0.5, 0.6) is 11.5 Å². The van der Waals surface area contributed by atoms with Gasteiger partial charge in [-0.15, -0.1) is 0 Å². The summed E-state index contributed by atoms with van der Waals surface area (Å²) in [7, 11) is -6.21. The number of carbonyl (C=O) groups excluding carboxylic acids is 4. The average Bonchev–Trinajstić information content (AvgIpc) is 3.90. The van der Waals surface area contributed by atoms with Crippen LogP contribution in [0.1, 0.15) is 143 Å². The van der Waals surface area contributed by atoms with Crippen LogP contribution in [0, 0.1) is 5.92 Å². The van der Waals surface area contributed by atoms with E-state index in [4.69, 9.17) is 19.2 Å². The largest absolute Gasteiger partial charge is 0.497 e. The van der Waals surface area contributed by atoms with Crippen molar-refractivity contribution in [1.82, 2.24) is 25.2 Å². The lowest BCUT2D eigenvalue weighted by Crippen LogP contribution is -2.70. The number of nitrogens with zero attached hydrogens (tertiary/aromatic N) is 2. The molecule has 3 N–H and O–H groups in total. The Kier molecular flexibility index (Phi) is 14.7. The molecule has 2 aliphatic heterocycles. The number of amides is 4. The van der Waals surface area contributed by atoms with Crippen molar-refractivity contribution in [3.05, 3.63) is 41.6 Å². The van der Waals surface area contributed by atoms with E-state index < -0.39 is 126 Å². The van der Waals surface area contributed by atoms with Crippen LogP contribution in [0.15, 0.2) is 30.4 Å². The van der Waals surface area contributed by atoms with Gasteiger partial charge in [0.05, 0.1) is 52.6 Å². The van der Waals surface area contributed by atoms with Gasteiger partial charge in [-0.1, -0.05) is 45.8 Å². The summed E-state index contributed by atoms with van der Waals surface area (Å²) in [6, 6.07) is 3.11. The van der Waals surface area contributed by atoms with Crippen molar-refractivity contribution in [2.75, 3.05) is 26.0 Å². The van der Waals surface area contributed by atoms with Crippen LogP contribution >= 0.6 is 0 Å². The number of sulfone groups is 1. The number of nitrogens with one attached hydrogen (secondary N) is 3. The lowest BCUT2D eigenvalue weighted by molar-refractivity contribution is -0.143. The number of methoxy groups -OCH3 is 1. The lowest BCUT2D eigenvalue weighted by Gasteiger charge is -2.47. The molecule has 4 aliphatic rings. The van der Waals surface area contributed by atoms with E-state index in [9.17, 15) is 36.0 Å². The zero-order chi connectivity index (χ0) is 49.5. The van der Waals surface area contributed by atoms with Crippen molar-refractivity contribution >= 4 is 54.6 Å². The Morgan fingerprint density at radius 3 is 2.36 bits per heavy atom. The number of unbranched alkanes of at least 4 members (excludes halogenated alkanes) is 3. The maximum absolute atomic E-state index is 17.1. The highest BCUT2D eigenvalue weighted by Crippen LogP contribution is 2.55. The summed E-state index contributed by atoms with van der Waals surface area (Å²) >= 11 is 0. The van der Waals surface area contributed by atoms with Crippen molar-refractivity contribution in [3.8, 4) is 11.5 Å². The third-order valence-electron chi connectivity index (χ3n) is 13.8. The Morgan fingerprint density at radius 1 is 1.06 bits per heavy atom. The van der Waals surface area contributed by atoms with Crippen LogP contribution in [-0.4, -0.2) is 109 Å². The number of alkyl halides is 2. The van der Waals surface area contributed by atoms with Crippen molar-refractivity contribution in [3.63, 3.8) is 0 Å². The zero-order valence-corrected chi connectivity index (χ0v) is 41.7. The van der Waals surface area contributed by atoms with Crippen LogP contribution in [0.3, 0.4) is 0 Å². The number of likely N-dealkylation sites (tertiary alicyclic amines) is 1. The van der Waals surface area contributed by atoms with Crippen molar-refractivity contribution in [2.45, 2.75) is 171 Å². The second-order valence-corrected chi connectivity index (χ2v) is 25.1. The van der Waals surface area contributed by atoms with Crippen molar-refractivity contribution < 1.29 is 59.0 Å². The third-order valence-corrected chi connectivity index (χ3v) is 18.2. The lowest BCUT2D eigenvalue weighted by atomic mass is 9.65. The molecule has 4 amide bonds. The van der Waals surface area contributed by atoms with Crippen molar-refractivity contribution in [1.29, 1.82) is 0 Å². The monoisotopic (exact) mass is 979 g/mol. The molecule has 20 heteroatoms. The fourth-order valence-corrected chi connectivity index (χ4v) is 11.6. The first-order valence-corrected chi connectivity index (χ1v) is 26.5. The molecule has 0 unspecified atom stereocenters. The number of alkyl carbamates (subject to hydrolysis) is 1. The molecular weight excluding hydrogens is 913 g/mol. The molecule has 3 heterocycles. The highest BCUT2D eigenvalue weighted by atomic mass is 32.2. The summed E-state index contributed by atoms with van der Waals surface area (Å²) in [6.07, 6.45) is 5.83. The van der Waals surface area contributed by atoms with Crippen molar-refractivity contribution in [2.24, 2.45) is 5.92 Å². The minimum Gasteiger partial charge on any atom is -0.497 e. The predicted molar refractivity (Wildman–Crippen MR) is 248 cm³/mol. The van der Waals surface area contributed by atoms with Crippen LogP contribution in [0.2, 0.25) is 0 Å². The molecule has 2 saturated carbocycles. The van der Waals surface area contributed by atoms with Crippen LogP contribution < -0.4 is 24.8 Å². The van der Waals surface area contributed by atoms with Gasteiger partial charge in [0.15, 0.2) is 15.6 Å². The fraction of sp³-hybridized carbons (Fsp3) is 0.681. The van der Waals surface area contributed by atoms with E-state index in [0.717, 1.165) is 24.2 Å². The second-order valence-electron chi connectivity index (χ2n) is 20.2. The van der Waals surface area contributed by atoms with Gasteiger partial charge in [0.1, 0.15) is 35.1 Å². The minimum atomic E-state index is -4.16. The molecule has 3 fully saturated rings. The summed E-state index contributed by atoms with van der Waals surface area (Å²) in [5, 5.41) is 4.65. The number of benzene rings is 1. The summed E-state index contributed by atoms with van der Waals surface area (Å²) in [4.78, 5) is 62.4. The molecule has 372 valence electrons. The van der Waals surface area contributed by atoms with E-state index >= 15 is 8.78 Å². The van der Waals surface area contributed by atoms with Gasteiger partial charge in [0.25, 0.3) is 11.8 Å². The molecular formula is C47H67F2N5O11S2. The average molecular weight is 980 g/mol. The molecule has 1 spiro atoms. The second kappa shape index (κ2) is 19.1. The highest BCUT2D eigenvalue weighted by Gasteiger charge is 2.62. The van der Waals surface area contributed by atoms with Crippen LogP contribution in [0.4, 0.5) is 13.6 Å². The SMILES string of the molecule is CCCCC/C=C\[C@@H]1CC[C@]1(NC(=O)[C@@H]1C[C@@]2(CN1C(=O)CNC(=O)OC(C)(C)CCS(=O)(=O)C(C)C)CC(F)(F)c1c(c(C(C)C)nc3ccc(OC)cc13)O2)C(=O)NS(=O)(=O)C1(C)CC1. The first-order valence-electron chi connectivity index (χ1n) is 23.3. The summed E-state index contributed by atoms with van der Waals surface area (Å²) in [6.45, 7) is 12.0. The molecule has 6 rings (SSSR count). The quantitative estimate of drug-likeness (QED) is 0.0991. The van der Waals surface area contributed by atoms with Gasteiger partial charge in [-0.05, 0) is 97.3 Å². The van der Waals surface area contributed by atoms with Gasteiger partial charge < -0.3 is 29.7 Å². The van der Waals surface area contributed by atoms with Gasteiger partial charge in [-0.25, -0.2) is 35.4 Å². The highest BCUT2D eigenvalue weighted by molar-refractivity contribution is 7.92. The molecule has 1 aromatic carbocycles. The van der Waals surface area contributed by atoms with E-state index in [0.29, 0.717) is 36.9 Å². The number of pyridine rings is 1. The normalized spacial score (nSPS) is 24.3. The Balaban J connectivity index is 1.34. The van der Waals surface area contributed by atoms with E-state index in [-0.39, 0.29) is 35.4 Å². The van der Waals surface area contributed by atoms with Gasteiger partial charge in [0.2, 0.25) is 21.8 Å². The van der Waals surface area contributed by atoms with Gasteiger partial charge in [-0.2, -0.15) is 0 Å². The predicted octanol–water partition coefficient (Wildman–Crippen LogP) is 6.70. The fourth-order valence-electron chi connectivity index (χ4n) is 9.04. The minimum absolute atomic E-state index is 0.0428. The smallest absolute Gasteiger partial charge is 0.408 e. The Morgan fingerprint density at radius 2 is 1.76 bits per heavy atom. The molecule has 67 heavy (non-hydrogen) atoms. The molecule has 2 aliphatic carbocycles. The third kappa shape index (κ3) is 10.8. The molecule has 16 nitrogen and oxygen atoms in total. The van der Waals surface area contributed by atoms with Gasteiger partial charge in [-0.3, -0.25) is 19.1 Å². The number of allylic oxidation sites excluding steroid dienone is 1. The first kappa shape index (κ1) is 51.8. The Hall–Kier alpha value is -4.59. The number of halogens is 2. The van der Waals surface area contributed by atoms with Gasteiger partial charge in [0, 0.05) is 24.1 Å². The number of sulfonamides is 1. The maximum atomic E-state index is 17.1. The number of rotatable bonds is 19. The summed E-state index contributed by atoms with van der Waals surface area (Å²) < 4.78 is 105. The molecule has 0 radical (unpaired) electrons. The van der Waals surface area contributed by atoms with E-state index in [1.807, 2.05) is 6.08 Å². The topological polar surface area (TPSA) is 216 Å². The zero-order valence-electron chi connectivity index (χ0n) is 40.1. The molecule has 0 bridgehead atoms. The van der Waals surface area contributed by atoms with Crippen LogP contribution in [0.25, 0.3) is 10.9 Å². The number of hydrogen-bond acceptors (Lipinski definition) is 12. The standard InChI is InChI=1S/C47H67F2N5O11S2/c1-10-11-12-13-14-15-31-18-19-46(31,41(57)53-67(61,62)44(8)20-21-44)52-40(56)35-25-45(28-54(35)36(55)26-50-42(58)65-43(6,7)22-23-66(59,60)30(4)5)27-47(48,49)37-33-24-32(63-9)16-17-34(33)51-38(29(2)3)39(37)64-45/h14-17,24,29-31,35H,10-13,18-23,25-28H2,1-9H3,(H,50,58)(H,52,56)(H,53,57)/b15-14-/t31-,35+,45+,46-/m1/s1. The molecule has 1 aromatic heterocycles. The Labute approximate surface area is 393 Å². The number of ether oxygens (including phenoxy) is 3. The summed E-state index contributed by atoms with van der Waals surface area (Å²) in [5.74, 6) is -7.50. The number of hydrogen-bond donors (Lipinski definition) is 3. The maximum Gasteiger partial charge on any atom is 0.408 e. The van der Waals surface area contributed by atoms with E-state index in [1.165, 1.54) is 33.9 Å². The number of aromatic nitrogens is 1. The van der Waals surface area contributed by atoms with Gasteiger partial charge >= 0.3 is 6.09 Å². The van der Waals surface area contributed by atoms with E-state index in [2.05, 4.69) is 22.3 Å². The number of carbonyl (C=O) groups is 4. The number of fused-ring (bicyclic) bond motifs is 3. The molecule has 2 aromatic rings.